The number of hydrogen-bond acceptors (Lipinski definition) is 3. The van der Waals surface area contributed by atoms with Crippen molar-refractivity contribution in [3.63, 3.8) is 0 Å². The summed E-state index contributed by atoms with van der Waals surface area (Å²) < 4.78 is 5.71. The number of hydrogen-bond donors (Lipinski definition) is 3. The smallest absolute Gasteiger partial charge is 0.319 e. The van der Waals surface area contributed by atoms with Gasteiger partial charge >= 0.3 is 6.03 Å². The van der Waals surface area contributed by atoms with E-state index < -0.39 is 0 Å². The summed E-state index contributed by atoms with van der Waals surface area (Å²) in [6.45, 7) is 4.96. The van der Waals surface area contributed by atoms with Gasteiger partial charge in [0.15, 0.2) is 0 Å². The van der Waals surface area contributed by atoms with E-state index in [1.165, 1.54) is 0 Å². The van der Waals surface area contributed by atoms with Crippen LogP contribution in [0.3, 0.4) is 0 Å². The average Bonchev–Trinajstić information content (AvgIpc) is 2.49. The highest BCUT2D eigenvalue weighted by Crippen LogP contribution is 2.19. The van der Waals surface area contributed by atoms with Crippen molar-refractivity contribution in [2.24, 2.45) is 0 Å². The lowest BCUT2D eigenvalue weighted by Crippen LogP contribution is -2.35. The third-order valence-electron chi connectivity index (χ3n) is 3.46. The van der Waals surface area contributed by atoms with Gasteiger partial charge in [0, 0.05) is 17.3 Å². The Morgan fingerprint density at radius 2 is 2.19 bits per heavy atom. The van der Waals surface area contributed by atoms with Gasteiger partial charge in [-0.05, 0) is 50.6 Å². The van der Waals surface area contributed by atoms with E-state index in [9.17, 15) is 4.79 Å². The zero-order valence-corrected chi connectivity index (χ0v) is 13.0. The molecule has 1 aromatic rings. The Morgan fingerprint density at radius 3 is 2.90 bits per heavy atom. The van der Waals surface area contributed by atoms with Crippen molar-refractivity contribution in [2.75, 3.05) is 31.6 Å². The molecule has 3 N–H and O–H groups in total. The minimum absolute atomic E-state index is 0.246. The van der Waals surface area contributed by atoms with Crippen molar-refractivity contribution in [3.05, 3.63) is 28.8 Å². The number of carbonyl (C=O) groups is 1. The first-order valence-corrected chi connectivity index (χ1v) is 7.66. The molecule has 1 saturated heterocycles. The Balaban J connectivity index is 1.63. The van der Waals surface area contributed by atoms with Crippen LogP contribution >= 0.6 is 11.6 Å². The van der Waals surface area contributed by atoms with E-state index in [0.29, 0.717) is 30.0 Å². The lowest BCUT2D eigenvalue weighted by atomic mass is 10.1. The third kappa shape index (κ3) is 5.53. The van der Waals surface area contributed by atoms with Crippen LogP contribution in [0.25, 0.3) is 0 Å². The Labute approximate surface area is 130 Å². The Bertz CT molecular complexity index is 476. The monoisotopic (exact) mass is 311 g/mol. The van der Waals surface area contributed by atoms with Gasteiger partial charge in [0.25, 0.3) is 0 Å². The molecule has 0 spiro atoms. The summed E-state index contributed by atoms with van der Waals surface area (Å²) in [5.74, 6) is 0. The van der Waals surface area contributed by atoms with Crippen molar-refractivity contribution in [1.29, 1.82) is 0 Å². The number of amides is 2. The van der Waals surface area contributed by atoms with Crippen LogP contribution < -0.4 is 16.0 Å². The van der Waals surface area contributed by atoms with Gasteiger partial charge in [-0.3, -0.25) is 0 Å². The number of carbonyl (C=O) groups excluding carboxylic acids is 1. The zero-order valence-electron chi connectivity index (χ0n) is 12.2. The van der Waals surface area contributed by atoms with E-state index in [1.807, 2.05) is 19.1 Å². The van der Waals surface area contributed by atoms with E-state index in [-0.39, 0.29) is 6.03 Å². The lowest BCUT2D eigenvalue weighted by molar-refractivity contribution is 0.0358. The Kier molecular flexibility index (Phi) is 6.29. The molecule has 1 heterocycles. The summed E-state index contributed by atoms with van der Waals surface area (Å²) >= 11 is 6.01. The number of piperidine rings is 1. The maximum absolute atomic E-state index is 11.7. The fourth-order valence-corrected chi connectivity index (χ4v) is 2.38. The van der Waals surface area contributed by atoms with Gasteiger partial charge in [-0.25, -0.2) is 4.79 Å². The zero-order chi connectivity index (χ0) is 15.1. The standard InChI is InChI=1S/C15H22ClN3O2/c1-11-2-3-12(10-14(11)16)19-15(20)18-8-9-21-13-4-6-17-7-5-13/h2-3,10,13,17H,4-9H2,1H3,(H2,18,19,20). The van der Waals surface area contributed by atoms with E-state index in [2.05, 4.69) is 16.0 Å². The van der Waals surface area contributed by atoms with Crippen LogP contribution in [0, 0.1) is 6.92 Å². The van der Waals surface area contributed by atoms with Crippen molar-refractivity contribution < 1.29 is 9.53 Å². The minimum atomic E-state index is -0.246. The molecule has 1 fully saturated rings. The molecule has 0 aromatic heterocycles. The summed E-state index contributed by atoms with van der Waals surface area (Å²) in [6, 6.07) is 5.19. The second-order valence-electron chi connectivity index (χ2n) is 5.17. The number of benzene rings is 1. The largest absolute Gasteiger partial charge is 0.376 e. The molecule has 0 atom stereocenters. The van der Waals surface area contributed by atoms with Crippen molar-refractivity contribution >= 4 is 23.3 Å². The SMILES string of the molecule is Cc1ccc(NC(=O)NCCOC2CCNCC2)cc1Cl. The molecule has 0 saturated carbocycles. The summed E-state index contributed by atoms with van der Waals surface area (Å²) in [6.07, 6.45) is 2.38. The summed E-state index contributed by atoms with van der Waals surface area (Å²) in [4.78, 5) is 11.7. The van der Waals surface area contributed by atoms with Gasteiger partial charge in [-0.1, -0.05) is 17.7 Å². The quantitative estimate of drug-likeness (QED) is 0.732. The number of rotatable bonds is 5. The second-order valence-corrected chi connectivity index (χ2v) is 5.57. The first kappa shape index (κ1) is 16.1. The molecule has 0 bridgehead atoms. The van der Waals surface area contributed by atoms with Crippen LogP contribution in [0.5, 0.6) is 0 Å². The summed E-state index contributed by atoms with van der Waals surface area (Å²) in [5.41, 5.74) is 1.67. The fraction of sp³-hybridized carbons (Fsp3) is 0.533. The van der Waals surface area contributed by atoms with E-state index in [0.717, 1.165) is 31.5 Å². The number of urea groups is 1. The van der Waals surface area contributed by atoms with Crippen LogP contribution in [0.2, 0.25) is 5.02 Å². The molecule has 1 aromatic carbocycles. The van der Waals surface area contributed by atoms with Gasteiger partial charge in [0.2, 0.25) is 0 Å². The molecular formula is C15H22ClN3O2. The number of halogens is 1. The highest BCUT2D eigenvalue weighted by molar-refractivity contribution is 6.31. The fourth-order valence-electron chi connectivity index (χ4n) is 2.20. The highest BCUT2D eigenvalue weighted by Gasteiger charge is 2.12. The van der Waals surface area contributed by atoms with Gasteiger partial charge in [-0.15, -0.1) is 0 Å². The lowest BCUT2D eigenvalue weighted by Gasteiger charge is -2.22. The Morgan fingerprint density at radius 1 is 1.43 bits per heavy atom. The molecule has 116 valence electrons. The van der Waals surface area contributed by atoms with E-state index >= 15 is 0 Å². The molecule has 0 radical (unpaired) electrons. The summed E-state index contributed by atoms with van der Waals surface area (Å²) in [7, 11) is 0. The molecule has 2 amide bonds. The number of aryl methyl sites for hydroxylation is 1. The molecule has 1 aliphatic heterocycles. The maximum atomic E-state index is 11.7. The number of nitrogens with one attached hydrogen (secondary N) is 3. The van der Waals surface area contributed by atoms with E-state index in [4.69, 9.17) is 16.3 Å². The normalized spacial score (nSPS) is 15.7. The molecular weight excluding hydrogens is 290 g/mol. The maximum Gasteiger partial charge on any atom is 0.319 e. The molecule has 5 nitrogen and oxygen atoms in total. The van der Waals surface area contributed by atoms with Gasteiger partial charge in [-0.2, -0.15) is 0 Å². The van der Waals surface area contributed by atoms with Crippen LogP contribution in [0.15, 0.2) is 18.2 Å². The predicted molar refractivity (Wildman–Crippen MR) is 85.1 cm³/mol. The van der Waals surface area contributed by atoms with Crippen LogP contribution in [-0.4, -0.2) is 38.4 Å². The Hall–Kier alpha value is -1.30. The van der Waals surface area contributed by atoms with Crippen molar-refractivity contribution in [2.45, 2.75) is 25.9 Å². The predicted octanol–water partition coefficient (Wildman–Crippen LogP) is 2.54. The van der Waals surface area contributed by atoms with Gasteiger partial charge in [0.1, 0.15) is 0 Å². The van der Waals surface area contributed by atoms with Gasteiger partial charge in [0.05, 0.1) is 12.7 Å². The topological polar surface area (TPSA) is 62.4 Å². The third-order valence-corrected chi connectivity index (χ3v) is 3.86. The number of ether oxygens (including phenoxy) is 1. The first-order chi connectivity index (χ1) is 10.1. The first-order valence-electron chi connectivity index (χ1n) is 7.28. The molecule has 0 unspecified atom stereocenters. The number of anilines is 1. The van der Waals surface area contributed by atoms with Crippen LogP contribution in [0.1, 0.15) is 18.4 Å². The van der Waals surface area contributed by atoms with E-state index in [1.54, 1.807) is 6.07 Å². The molecule has 6 heteroatoms. The van der Waals surface area contributed by atoms with Crippen molar-refractivity contribution in [1.82, 2.24) is 10.6 Å². The van der Waals surface area contributed by atoms with Crippen molar-refractivity contribution in [3.8, 4) is 0 Å². The van der Waals surface area contributed by atoms with Crippen LogP contribution in [-0.2, 0) is 4.74 Å². The molecule has 0 aliphatic carbocycles. The second kappa shape index (κ2) is 8.22. The highest BCUT2D eigenvalue weighted by atomic mass is 35.5. The average molecular weight is 312 g/mol. The molecule has 21 heavy (non-hydrogen) atoms. The van der Waals surface area contributed by atoms with Crippen LogP contribution in [0.4, 0.5) is 10.5 Å². The molecule has 1 aliphatic rings. The summed E-state index contributed by atoms with van der Waals surface area (Å²) in [5, 5.41) is 9.45. The van der Waals surface area contributed by atoms with Gasteiger partial charge < -0.3 is 20.7 Å². The minimum Gasteiger partial charge on any atom is -0.376 e. The molecule has 2 rings (SSSR count).